The molecule has 0 fully saturated rings. The van der Waals surface area contributed by atoms with Gasteiger partial charge in [-0.15, -0.1) is 0 Å². The lowest BCUT2D eigenvalue weighted by molar-refractivity contribution is 0.0904. The summed E-state index contributed by atoms with van der Waals surface area (Å²) in [5, 5.41) is 9.72. The van der Waals surface area contributed by atoms with Crippen LogP contribution in [0.4, 0.5) is 0 Å². The van der Waals surface area contributed by atoms with E-state index >= 15 is 0 Å². The summed E-state index contributed by atoms with van der Waals surface area (Å²) in [4.78, 5) is 11.4. The topological polar surface area (TPSA) is 51.5 Å². The quantitative estimate of drug-likeness (QED) is 0.824. The van der Waals surface area contributed by atoms with Gasteiger partial charge in [0, 0.05) is 25.9 Å². The molecule has 4 nitrogen and oxygen atoms in total. The van der Waals surface area contributed by atoms with Gasteiger partial charge in [-0.2, -0.15) is 0 Å². The van der Waals surface area contributed by atoms with Crippen LogP contribution in [0.15, 0.2) is 10.9 Å². The first-order chi connectivity index (χ1) is 7.02. The van der Waals surface area contributed by atoms with Crippen LogP contribution in [0.2, 0.25) is 0 Å². The van der Waals surface area contributed by atoms with Gasteiger partial charge in [-0.1, -0.05) is 6.92 Å². The van der Waals surface area contributed by atoms with E-state index in [1.54, 1.807) is 11.7 Å². The van der Waals surface area contributed by atoms with Crippen molar-refractivity contribution < 1.29 is 9.84 Å². The summed E-state index contributed by atoms with van der Waals surface area (Å²) in [6.07, 6.45) is 0.462. The van der Waals surface area contributed by atoms with E-state index in [0.29, 0.717) is 12.1 Å². The molecule has 0 spiro atoms. The van der Waals surface area contributed by atoms with E-state index in [0.717, 1.165) is 5.69 Å². The second-order valence-corrected chi connectivity index (χ2v) is 3.58. The summed E-state index contributed by atoms with van der Waals surface area (Å²) in [7, 11) is 3.38. The smallest absolute Gasteiger partial charge is 0.223 e. The summed E-state index contributed by atoms with van der Waals surface area (Å²) in [5.41, 5.74) is 1.00. The summed E-state index contributed by atoms with van der Waals surface area (Å²) in [5.74, 6) is -0.211. The summed E-state index contributed by atoms with van der Waals surface area (Å²) < 4.78 is 7.02. The van der Waals surface area contributed by atoms with Gasteiger partial charge in [0.25, 0.3) is 0 Å². The van der Waals surface area contributed by atoms with Crippen LogP contribution in [-0.4, -0.2) is 16.8 Å². The highest BCUT2D eigenvalue weighted by atomic mass is 16.5. The predicted octanol–water partition coefficient (Wildman–Crippen LogP) is 1.50. The Hall–Kier alpha value is -1.29. The van der Waals surface area contributed by atoms with Crippen molar-refractivity contribution in [2.45, 2.75) is 26.4 Å². The van der Waals surface area contributed by atoms with Crippen LogP contribution < -0.4 is 5.43 Å². The molecular formula is C11H17NO3. The average Bonchev–Trinajstić information content (AvgIpc) is 2.21. The highest BCUT2D eigenvalue weighted by Crippen LogP contribution is 2.26. The van der Waals surface area contributed by atoms with Gasteiger partial charge in [0.1, 0.15) is 6.10 Å². The summed E-state index contributed by atoms with van der Waals surface area (Å²) in [6, 6.07) is 1.42. The standard InChI is InChI=1S/C11H17NO3/c1-5-9(15-4)10-11(14)8(13)6-7(2)12(10)3/h6,9,14H,5H2,1-4H3/t9-/m1/s1. The second kappa shape index (κ2) is 4.49. The molecule has 0 saturated carbocycles. The van der Waals surface area contributed by atoms with Gasteiger partial charge in [0.2, 0.25) is 5.43 Å². The van der Waals surface area contributed by atoms with Crippen molar-refractivity contribution in [1.29, 1.82) is 0 Å². The number of methoxy groups -OCH3 is 1. The Kier molecular flexibility index (Phi) is 3.52. The van der Waals surface area contributed by atoms with Crippen LogP contribution in [0.1, 0.15) is 30.8 Å². The van der Waals surface area contributed by atoms with E-state index in [2.05, 4.69) is 0 Å². The van der Waals surface area contributed by atoms with Crippen LogP contribution in [-0.2, 0) is 11.8 Å². The number of aryl methyl sites for hydroxylation is 1. The minimum Gasteiger partial charge on any atom is -0.503 e. The molecule has 0 saturated heterocycles. The molecule has 1 N–H and O–H groups in total. The molecule has 0 amide bonds. The van der Waals surface area contributed by atoms with Crippen LogP contribution in [0, 0.1) is 6.92 Å². The van der Waals surface area contributed by atoms with Crippen molar-refractivity contribution in [3.8, 4) is 5.75 Å². The normalized spacial score (nSPS) is 12.8. The summed E-state index contributed by atoms with van der Waals surface area (Å²) >= 11 is 0. The first-order valence-electron chi connectivity index (χ1n) is 4.95. The molecule has 1 heterocycles. The maximum Gasteiger partial charge on any atom is 0.223 e. The fraction of sp³-hybridized carbons (Fsp3) is 0.545. The van der Waals surface area contributed by atoms with Gasteiger partial charge in [-0.05, 0) is 13.3 Å². The Morgan fingerprint density at radius 2 is 2.20 bits per heavy atom. The zero-order valence-electron chi connectivity index (χ0n) is 9.57. The van der Waals surface area contributed by atoms with Crippen molar-refractivity contribution in [2.24, 2.45) is 7.05 Å². The Morgan fingerprint density at radius 1 is 1.60 bits per heavy atom. The SMILES string of the molecule is CC[C@@H](OC)c1c(O)c(=O)cc(C)n1C. The molecule has 0 aliphatic rings. The molecule has 1 rings (SSSR count). The van der Waals surface area contributed by atoms with Gasteiger partial charge < -0.3 is 14.4 Å². The van der Waals surface area contributed by atoms with E-state index < -0.39 is 0 Å². The van der Waals surface area contributed by atoms with Crippen molar-refractivity contribution in [1.82, 2.24) is 4.57 Å². The number of hydrogen-bond acceptors (Lipinski definition) is 3. The maximum absolute atomic E-state index is 11.4. The lowest BCUT2D eigenvalue weighted by Gasteiger charge is -2.20. The number of aromatic nitrogens is 1. The zero-order chi connectivity index (χ0) is 11.6. The van der Waals surface area contributed by atoms with Crippen molar-refractivity contribution >= 4 is 0 Å². The fourth-order valence-corrected chi connectivity index (χ4v) is 1.67. The molecule has 1 atom stereocenters. The van der Waals surface area contributed by atoms with Gasteiger partial charge >= 0.3 is 0 Å². The van der Waals surface area contributed by atoms with Crippen molar-refractivity contribution in [2.75, 3.05) is 7.11 Å². The monoisotopic (exact) mass is 211 g/mol. The molecule has 0 aromatic carbocycles. The van der Waals surface area contributed by atoms with E-state index in [1.165, 1.54) is 6.07 Å². The first-order valence-corrected chi connectivity index (χ1v) is 4.95. The molecule has 0 aliphatic carbocycles. The second-order valence-electron chi connectivity index (χ2n) is 3.58. The average molecular weight is 211 g/mol. The van der Waals surface area contributed by atoms with E-state index in [9.17, 15) is 9.90 Å². The predicted molar refractivity (Wildman–Crippen MR) is 58.1 cm³/mol. The molecular weight excluding hydrogens is 194 g/mol. The highest BCUT2D eigenvalue weighted by molar-refractivity contribution is 5.31. The van der Waals surface area contributed by atoms with Crippen LogP contribution >= 0.6 is 0 Å². The largest absolute Gasteiger partial charge is 0.503 e. The van der Waals surface area contributed by atoms with Gasteiger partial charge in [-0.3, -0.25) is 4.79 Å². The Balaban J connectivity index is 3.44. The van der Waals surface area contributed by atoms with Crippen LogP contribution in [0.5, 0.6) is 5.75 Å². The van der Waals surface area contributed by atoms with Gasteiger partial charge in [0.15, 0.2) is 5.75 Å². The Labute approximate surface area is 89.1 Å². The number of hydrogen-bond donors (Lipinski definition) is 1. The van der Waals surface area contributed by atoms with Gasteiger partial charge in [0.05, 0.1) is 5.69 Å². The van der Waals surface area contributed by atoms with E-state index in [4.69, 9.17) is 4.74 Å². The molecule has 15 heavy (non-hydrogen) atoms. The number of aromatic hydroxyl groups is 1. The molecule has 0 aliphatic heterocycles. The first kappa shape index (κ1) is 11.8. The summed E-state index contributed by atoms with van der Waals surface area (Å²) in [6.45, 7) is 3.77. The molecule has 84 valence electrons. The van der Waals surface area contributed by atoms with E-state index in [-0.39, 0.29) is 17.3 Å². The number of rotatable bonds is 3. The minimum absolute atomic E-state index is 0.211. The Bertz CT molecular complexity index is 405. The number of pyridine rings is 1. The van der Waals surface area contributed by atoms with Crippen molar-refractivity contribution in [3.63, 3.8) is 0 Å². The van der Waals surface area contributed by atoms with E-state index in [1.807, 2.05) is 20.9 Å². The minimum atomic E-state index is -0.351. The molecule has 4 heteroatoms. The number of nitrogens with zero attached hydrogens (tertiary/aromatic N) is 1. The zero-order valence-corrected chi connectivity index (χ0v) is 9.57. The third-order valence-electron chi connectivity index (χ3n) is 2.67. The van der Waals surface area contributed by atoms with Gasteiger partial charge in [-0.25, -0.2) is 0 Å². The molecule has 1 aromatic rings. The van der Waals surface area contributed by atoms with Crippen LogP contribution in [0.3, 0.4) is 0 Å². The third kappa shape index (κ3) is 2.04. The lowest BCUT2D eigenvalue weighted by atomic mass is 10.1. The molecule has 0 radical (unpaired) electrons. The molecule has 1 aromatic heterocycles. The van der Waals surface area contributed by atoms with Crippen LogP contribution in [0.25, 0.3) is 0 Å². The fourth-order valence-electron chi connectivity index (χ4n) is 1.67. The highest BCUT2D eigenvalue weighted by Gasteiger charge is 2.18. The molecule has 0 unspecified atom stereocenters. The Morgan fingerprint density at radius 3 is 2.67 bits per heavy atom. The lowest BCUT2D eigenvalue weighted by Crippen LogP contribution is -2.17. The molecule has 0 bridgehead atoms. The number of ether oxygens (including phenoxy) is 1. The third-order valence-corrected chi connectivity index (χ3v) is 2.67. The maximum atomic E-state index is 11.4. The van der Waals surface area contributed by atoms with Crippen molar-refractivity contribution in [3.05, 3.63) is 27.7 Å².